The minimum Gasteiger partial charge on any atom is -0.391 e. The van der Waals surface area contributed by atoms with E-state index >= 15 is 0 Å². The molecule has 1 amide bonds. The van der Waals surface area contributed by atoms with Crippen molar-refractivity contribution in [2.24, 2.45) is 5.92 Å². The van der Waals surface area contributed by atoms with Crippen molar-refractivity contribution < 1.29 is 22.8 Å². The van der Waals surface area contributed by atoms with Gasteiger partial charge >= 0.3 is 0 Å². The second-order valence-electron chi connectivity index (χ2n) is 8.27. The third-order valence-corrected chi connectivity index (χ3v) is 7.39. The molecule has 2 fully saturated rings. The molecule has 1 saturated carbocycles. The first-order chi connectivity index (χ1) is 14.3. The predicted molar refractivity (Wildman–Crippen MR) is 111 cm³/mol. The highest BCUT2D eigenvalue weighted by atomic mass is 32.2. The van der Waals surface area contributed by atoms with Gasteiger partial charge in [-0.2, -0.15) is 0 Å². The van der Waals surface area contributed by atoms with Crippen LogP contribution in [-0.4, -0.2) is 48.2 Å². The third-order valence-electron chi connectivity index (χ3n) is 6.03. The molecule has 1 saturated heterocycles. The van der Waals surface area contributed by atoms with Gasteiger partial charge in [0, 0.05) is 24.2 Å². The topological polar surface area (TPSA) is 113 Å². The van der Waals surface area contributed by atoms with Crippen LogP contribution in [0.15, 0.2) is 39.8 Å². The van der Waals surface area contributed by atoms with Crippen molar-refractivity contribution in [3.05, 3.63) is 41.7 Å². The molecule has 162 valence electrons. The highest BCUT2D eigenvalue weighted by Crippen LogP contribution is 2.35. The molecule has 1 aliphatic carbocycles. The minimum atomic E-state index is -3.92. The van der Waals surface area contributed by atoms with Gasteiger partial charge in [0.25, 0.3) is 15.9 Å². The molecule has 30 heavy (non-hydrogen) atoms. The lowest BCUT2D eigenvalue weighted by Gasteiger charge is -2.34. The van der Waals surface area contributed by atoms with Gasteiger partial charge in [0.1, 0.15) is 5.76 Å². The van der Waals surface area contributed by atoms with Gasteiger partial charge in [-0.05, 0) is 50.3 Å². The molecule has 2 N–H and O–H groups in total. The number of sulfonamides is 1. The minimum absolute atomic E-state index is 0.00398. The summed E-state index contributed by atoms with van der Waals surface area (Å²) in [4.78, 5) is 15.0. The first kappa shape index (κ1) is 20.9. The van der Waals surface area contributed by atoms with Gasteiger partial charge in [0.15, 0.2) is 5.82 Å². The molecule has 2 unspecified atom stereocenters. The smallest absolute Gasteiger partial charge is 0.263 e. The number of nitrogens with zero attached hydrogens (tertiary/aromatic N) is 2. The Morgan fingerprint density at radius 3 is 2.70 bits per heavy atom. The lowest BCUT2D eigenvalue weighted by molar-refractivity contribution is 0.0650. The zero-order valence-electron chi connectivity index (χ0n) is 17.0. The van der Waals surface area contributed by atoms with Crippen molar-refractivity contribution in [1.82, 2.24) is 10.1 Å². The van der Waals surface area contributed by atoms with Crippen molar-refractivity contribution in [1.29, 1.82) is 0 Å². The van der Waals surface area contributed by atoms with E-state index in [1.54, 1.807) is 24.0 Å². The Morgan fingerprint density at radius 1 is 1.23 bits per heavy atom. The second kappa shape index (κ2) is 8.39. The van der Waals surface area contributed by atoms with Gasteiger partial charge in [-0.3, -0.25) is 9.52 Å². The number of likely N-dealkylation sites (tertiary alicyclic amines) is 1. The average Bonchev–Trinajstić information content (AvgIpc) is 3.33. The van der Waals surface area contributed by atoms with Crippen LogP contribution in [0.5, 0.6) is 0 Å². The lowest BCUT2D eigenvalue weighted by Crippen LogP contribution is -2.41. The maximum atomic E-state index is 13.3. The van der Waals surface area contributed by atoms with E-state index in [0.29, 0.717) is 23.7 Å². The van der Waals surface area contributed by atoms with Gasteiger partial charge in [-0.1, -0.05) is 30.5 Å². The van der Waals surface area contributed by atoms with E-state index in [9.17, 15) is 18.3 Å². The number of nitrogens with one attached hydrogen (secondary N) is 1. The van der Waals surface area contributed by atoms with Crippen LogP contribution in [0.1, 0.15) is 54.6 Å². The summed E-state index contributed by atoms with van der Waals surface area (Å²) in [6.45, 7) is 1.95. The molecule has 0 spiro atoms. The number of aryl methyl sites for hydroxylation is 1. The van der Waals surface area contributed by atoms with Crippen molar-refractivity contribution in [3.8, 4) is 0 Å². The number of aliphatic hydroxyl groups excluding tert-OH is 1. The average molecular weight is 434 g/mol. The highest BCUT2D eigenvalue weighted by molar-refractivity contribution is 7.92. The monoisotopic (exact) mass is 433 g/mol. The van der Waals surface area contributed by atoms with Crippen molar-refractivity contribution >= 4 is 21.7 Å². The number of hydrogen-bond donors (Lipinski definition) is 2. The molecule has 9 heteroatoms. The number of carbonyl (C=O) groups is 1. The Bertz CT molecular complexity index is 1010. The van der Waals surface area contributed by atoms with Crippen LogP contribution in [0.3, 0.4) is 0 Å². The number of benzene rings is 1. The van der Waals surface area contributed by atoms with Gasteiger partial charge < -0.3 is 14.5 Å². The Kier molecular flexibility index (Phi) is 5.84. The Labute approximate surface area is 176 Å². The quantitative estimate of drug-likeness (QED) is 0.750. The molecule has 1 aromatic heterocycles. The fraction of sp³-hybridized carbons (Fsp3) is 0.524. The number of aromatic nitrogens is 1. The number of aliphatic hydroxyl groups is 1. The van der Waals surface area contributed by atoms with Crippen LogP contribution >= 0.6 is 0 Å². The molecular weight excluding hydrogens is 406 g/mol. The summed E-state index contributed by atoms with van der Waals surface area (Å²) in [6, 6.07) is 7.46. The SMILES string of the molecule is Cc1cc(NS(=O)(=O)c2cccc(C(=O)N3CC(O)CC3C3CCCCC3)c2)no1. The molecule has 2 aliphatic rings. The van der Waals surface area contributed by atoms with Crippen LogP contribution in [0.2, 0.25) is 0 Å². The summed E-state index contributed by atoms with van der Waals surface area (Å²) in [6.07, 6.45) is 5.71. The molecule has 2 atom stereocenters. The third kappa shape index (κ3) is 4.37. The molecule has 4 rings (SSSR count). The largest absolute Gasteiger partial charge is 0.391 e. The molecule has 1 aromatic carbocycles. The standard InChI is InChI=1S/C21H27N3O5S/c1-14-10-20(22-29-14)23-30(27,28)18-9-5-8-16(11-18)21(26)24-13-17(25)12-19(24)15-6-3-2-4-7-15/h5,8-11,15,17,19,25H,2-4,6-7,12-13H2,1H3,(H,22,23). The second-order valence-corrected chi connectivity index (χ2v) is 9.95. The highest BCUT2D eigenvalue weighted by Gasteiger charge is 2.39. The van der Waals surface area contributed by atoms with E-state index in [2.05, 4.69) is 9.88 Å². The molecule has 2 heterocycles. The maximum absolute atomic E-state index is 13.3. The fourth-order valence-corrected chi connectivity index (χ4v) is 5.64. The predicted octanol–water partition coefficient (Wildman–Crippen LogP) is 2.94. The number of anilines is 1. The number of carbonyl (C=O) groups excluding carboxylic acids is 1. The van der Waals surface area contributed by atoms with E-state index in [4.69, 9.17) is 4.52 Å². The van der Waals surface area contributed by atoms with Crippen LogP contribution in [-0.2, 0) is 10.0 Å². The van der Waals surface area contributed by atoms with E-state index < -0.39 is 16.1 Å². The first-order valence-electron chi connectivity index (χ1n) is 10.4. The van der Waals surface area contributed by atoms with Gasteiger partial charge in [0.2, 0.25) is 0 Å². The molecular formula is C21H27N3O5S. The summed E-state index contributed by atoms with van der Waals surface area (Å²) < 4.78 is 32.7. The van der Waals surface area contributed by atoms with Crippen LogP contribution in [0, 0.1) is 12.8 Å². The maximum Gasteiger partial charge on any atom is 0.263 e. The van der Waals surface area contributed by atoms with Gasteiger partial charge in [0.05, 0.1) is 11.0 Å². The van der Waals surface area contributed by atoms with E-state index in [-0.39, 0.29) is 29.2 Å². The fourth-order valence-electron chi connectivity index (χ4n) is 4.62. The molecule has 8 nitrogen and oxygen atoms in total. The summed E-state index contributed by atoms with van der Waals surface area (Å²) in [5, 5.41) is 13.9. The summed E-state index contributed by atoms with van der Waals surface area (Å²) in [5.41, 5.74) is 0.295. The first-order valence-corrected chi connectivity index (χ1v) is 11.9. The number of amides is 1. The zero-order valence-corrected chi connectivity index (χ0v) is 17.8. The van der Waals surface area contributed by atoms with E-state index in [1.807, 2.05) is 0 Å². The van der Waals surface area contributed by atoms with E-state index in [1.165, 1.54) is 24.6 Å². The molecule has 1 aliphatic heterocycles. The van der Waals surface area contributed by atoms with Crippen LogP contribution in [0.4, 0.5) is 5.82 Å². The summed E-state index contributed by atoms with van der Waals surface area (Å²) in [7, 11) is -3.92. The molecule has 0 bridgehead atoms. The van der Waals surface area contributed by atoms with Crippen molar-refractivity contribution in [2.75, 3.05) is 11.3 Å². The normalized spacial score (nSPS) is 22.9. The number of β-amino-alcohol motifs (C(OH)–C–C–N with tert-alkyl or cyclic N) is 1. The Morgan fingerprint density at radius 2 is 2.00 bits per heavy atom. The zero-order chi connectivity index (χ0) is 21.3. The Balaban J connectivity index is 1.55. The van der Waals surface area contributed by atoms with Gasteiger partial charge in [-0.15, -0.1) is 0 Å². The van der Waals surface area contributed by atoms with E-state index in [0.717, 1.165) is 25.7 Å². The number of hydrogen-bond acceptors (Lipinski definition) is 6. The lowest BCUT2D eigenvalue weighted by atomic mass is 9.82. The molecule has 2 aromatic rings. The van der Waals surface area contributed by atoms with Crippen LogP contribution < -0.4 is 4.72 Å². The van der Waals surface area contributed by atoms with Crippen LogP contribution in [0.25, 0.3) is 0 Å². The van der Waals surface area contributed by atoms with Gasteiger partial charge in [-0.25, -0.2) is 8.42 Å². The Hall–Kier alpha value is -2.39. The summed E-state index contributed by atoms with van der Waals surface area (Å²) >= 11 is 0. The van der Waals surface area contributed by atoms with Crippen molar-refractivity contribution in [3.63, 3.8) is 0 Å². The number of rotatable bonds is 5. The summed E-state index contributed by atoms with van der Waals surface area (Å²) in [5.74, 6) is 0.725. The van der Waals surface area contributed by atoms with Crippen molar-refractivity contribution in [2.45, 2.75) is 62.5 Å². The molecule has 0 radical (unpaired) electrons.